The van der Waals surface area contributed by atoms with Crippen LogP contribution in [0.25, 0.3) is 11.3 Å². The van der Waals surface area contributed by atoms with E-state index in [-0.39, 0.29) is 0 Å². The zero-order valence-corrected chi connectivity index (χ0v) is 17.5. The summed E-state index contributed by atoms with van der Waals surface area (Å²) in [6, 6.07) is 9.62. The van der Waals surface area contributed by atoms with Crippen molar-refractivity contribution in [1.29, 1.82) is 0 Å². The molecule has 3 aromatic rings. The first-order valence-electron chi connectivity index (χ1n) is 10.1. The van der Waals surface area contributed by atoms with Crippen molar-refractivity contribution >= 4 is 17.8 Å². The average molecular weight is 406 g/mol. The zero-order chi connectivity index (χ0) is 20.9. The van der Waals surface area contributed by atoms with Crippen molar-refractivity contribution in [3.05, 3.63) is 42.4 Å². The zero-order valence-electron chi connectivity index (χ0n) is 17.5. The summed E-state index contributed by atoms with van der Waals surface area (Å²) in [6.07, 6.45) is 2.45. The van der Waals surface area contributed by atoms with E-state index < -0.39 is 0 Å². The minimum atomic E-state index is 0.445. The number of hydrogen-bond acceptors (Lipinski definition) is 9. The van der Waals surface area contributed by atoms with Gasteiger partial charge in [-0.3, -0.25) is 5.32 Å². The molecule has 3 heterocycles. The van der Waals surface area contributed by atoms with E-state index >= 15 is 0 Å². The van der Waals surface area contributed by atoms with E-state index in [1.807, 2.05) is 37.3 Å². The van der Waals surface area contributed by atoms with Crippen LogP contribution < -0.4 is 15.0 Å². The van der Waals surface area contributed by atoms with Crippen LogP contribution in [-0.2, 0) is 6.42 Å². The summed E-state index contributed by atoms with van der Waals surface area (Å²) in [4.78, 5) is 27.2. The molecule has 0 spiro atoms. The third kappa shape index (κ3) is 4.62. The van der Waals surface area contributed by atoms with Gasteiger partial charge in [0.25, 0.3) is 0 Å². The van der Waals surface area contributed by atoms with E-state index in [4.69, 9.17) is 4.74 Å². The van der Waals surface area contributed by atoms with Gasteiger partial charge < -0.3 is 14.5 Å². The van der Waals surface area contributed by atoms with Crippen molar-refractivity contribution in [2.24, 2.45) is 0 Å². The minimum Gasteiger partial charge on any atom is -0.497 e. The lowest BCUT2D eigenvalue weighted by Crippen LogP contribution is -2.45. The molecule has 9 heteroatoms. The first-order chi connectivity index (χ1) is 14.6. The van der Waals surface area contributed by atoms with Gasteiger partial charge in [-0.05, 0) is 37.4 Å². The highest BCUT2D eigenvalue weighted by atomic mass is 16.5. The van der Waals surface area contributed by atoms with Crippen molar-refractivity contribution in [3.8, 4) is 17.0 Å². The molecule has 1 fully saturated rings. The van der Waals surface area contributed by atoms with Crippen LogP contribution in [-0.4, -0.2) is 70.2 Å². The van der Waals surface area contributed by atoms with E-state index in [9.17, 15) is 0 Å². The first kappa shape index (κ1) is 20.0. The molecule has 1 aliphatic rings. The maximum Gasteiger partial charge on any atom is 0.234 e. The average Bonchev–Trinajstić information content (AvgIpc) is 2.79. The summed E-state index contributed by atoms with van der Waals surface area (Å²) in [5, 5.41) is 3.15. The van der Waals surface area contributed by atoms with Crippen LogP contribution in [0.1, 0.15) is 12.7 Å². The largest absolute Gasteiger partial charge is 0.497 e. The lowest BCUT2D eigenvalue weighted by molar-refractivity contribution is 0.311. The topological polar surface area (TPSA) is 92.2 Å². The van der Waals surface area contributed by atoms with Gasteiger partial charge in [0.15, 0.2) is 0 Å². The molecular weight excluding hydrogens is 380 g/mol. The Bertz CT molecular complexity index is 987. The number of likely N-dealkylation sites (N-methyl/N-ethyl adjacent to an activating group) is 1. The first-order valence-corrected chi connectivity index (χ1v) is 10.1. The van der Waals surface area contributed by atoms with Crippen LogP contribution in [0.3, 0.4) is 0 Å². The Morgan fingerprint density at radius 3 is 2.40 bits per heavy atom. The molecule has 1 saturated heterocycles. The Kier molecular flexibility index (Phi) is 5.99. The standard InChI is InChI=1S/C21H26N8O/c1-4-18-24-20(27-21(25-18)29-13-11-28(2)12-14-29)26-19-22-10-9-17(23-19)15-5-7-16(30-3)8-6-15/h5-10H,4,11-14H2,1-3H3,(H,22,23,24,25,26,27). The summed E-state index contributed by atoms with van der Waals surface area (Å²) in [6.45, 7) is 5.80. The van der Waals surface area contributed by atoms with E-state index in [1.165, 1.54) is 0 Å². The molecule has 1 aliphatic heterocycles. The molecule has 0 aliphatic carbocycles. The lowest BCUT2D eigenvalue weighted by atomic mass is 10.1. The molecule has 0 atom stereocenters. The molecule has 0 amide bonds. The minimum absolute atomic E-state index is 0.445. The Morgan fingerprint density at radius 1 is 0.933 bits per heavy atom. The van der Waals surface area contributed by atoms with Crippen LogP contribution in [0.4, 0.5) is 17.8 Å². The number of aryl methyl sites for hydroxylation is 1. The fraction of sp³-hybridized carbons (Fsp3) is 0.381. The van der Waals surface area contributed by atoms with Crippen LogP contribution in [0.5, 0.6) is 5.75 Å². The smallest absolute Gasteiger partial charge is 0.234 e. The van der Waals surface area contributed by atoms with Crippen LogP contribution >= 0.6 is 0 Å². The van der Waals surface area contributed by atoms with Crippen molar-refractivity contribution in [2.75, 3.05) is 50.6 Å². The second-order valence-electron chi connectivity index (χ2n) is 7.14. The summed E-state index contributed by atoms with van der Waals surface area (Å²) in [7, 11) is 3.78. The molecular formula is C21H26N8O. The number of piperazine rings is 1. The van der Waals surface area contributed by atoms with E-state index in [2.05, 4.69) is 47.1 Å². The molecule has 0 bridgehead atoms. The van der Waals surface area contributed by atoms with E-state index in [1.54, 1.807) is 13.3 Å². The monoisotopic (exact) mass is 406 g/mol. The Labute approximate surface area is 176 Å². The highest BCUT2D eigenvalue weighted by Crippen LogP contribution is 2.22. The summed E-state index contributed by atoms with van der Waals surface area (Å²) in [5.41, 5.74) is 1.78. The normalized spacial score (nSPS) is 14.6. The molecule has 2 aromatic heterocycles. The van der Waals surface area contributed by atoms with E-state index in [0.29, 0.717) is 17.8 Å². The highest BCUT2D eigenvalue weighted by Gasteiger charge is 2.18. The van der Waals surface area contributed by atoms with Gasteiger partial charge >= 0.3 is 0 Å². The second-order valence-corrected chi connectivity index (χ2v) is 7.14. The van der Waals surface area contributed by atoms with Crippen LogP contribution in [0, 0.1) is 0 Å². The molecule has 156 valence electrons. The van der Waals surface area contributed by atoms with Gasteiger partial charge in [0, 0.05) is 44.4 Å². The lowest BCUT2D eigenvalue weighted by Gasteiger charge is -2.32. The van der Waals surface area contributed by atoms with Gasteiger partial charge in [0.05, 0.1) is 12.8 Å². The molecule has 0 radical (unpaired) electrons. The maximum absolute atomic E-state index is 5.22. The number of benzene rings is 1. The van der Waals surface area contributed by atoms with Gasteiger partial charge in [0.1, 0.15) is 11.6 Å². The molecule has 9 nitrogen and oxygen atoms in total. The number of rotatable bonds is 6. The molecule has 1 N–H and O–H groups in total. The Morgan fingerprint density at radius 2 is 1.70 bits per heavy atom. The number of nitrogens with one attached hydrogen (secondary N) is 1. The molecule has 4 rings (SSSR count). The predicted octanol–water partition coefficient (Wildman–Crippen LogP) is 2.39. The van der Waals surface area contributed by atoms with E-state index in [0.717, 1.165) is 55.4 Å². The predicted molar refractivity (Wildman–Crippen MR) is 116 cm³/mol. The fourth-order valence-electron chi connectivity index (χ4n) is 3.21. The summed E-state index contributed by atoms with van der Waals surface area (Å²) < 4.78 is 5.22. The highest BCUT2D eigenvalue weighted by molar-refractivity contribution is 5.61. The van der Waals surface area contributed by atoms with Crippen molar-refractivity contribution in [2.45, 2.75) is 13.3 Å². The van der Waals surface area contributed by atoms with Crippen LogP contribution in [0.2, 0.25) is 0 Å². The second kappa shape index (κ2) is 9.00. The third-order valence-electron chi connectivity index (χ3n) is 5.04. The van der Waals surface area contributed by atoms with Gasteiger partial charge in [0.2, 0.25) is 17.8 Å². The number of methoxy groups -OCH3 is 1. The summed E-state index contributed by atoms with van der Waals surface area (Å²) >= 11 is 0. The van der Waals surface area contributed by atoms with Gasteiger partial charge in [-0.15, -0.1) is 0 Å². The number of hydrogen-bond donors (Lipinski definition) is 1. The van der Waals surface area contributed by atoms with Crippen molar-refractivity contribution in [1.82, 2.24) is 29.8 Å². The van der Waals surface area contributed by atoms with Crippen molar-refractivity contribution in [3.63, 3.8) is 0 Å². The maximum atomic E-state index is 5.22. The number of aromatic nitrogens is 5. The third-order valence-corrected chi connectivity index (χ3v) is 5.04. The number of nitrogens with zero attached hydrogens (tertiary/aromatic N) is 7. The summed E-state index contributed by atoms with van der Waals surface area (Å²) in [5.74, 6) is 3.15. The molecule has 0 saturated carbocycles. The fourth-order valence-corrected chi connectivity index (χ4v) is 3.21. The number of anilines is 3. The Hall–Kier alpha value is -3.33. The SMILES string of the molecule is CCc1nc(Nc2nccc(-c3ccc(OC)cc3)n2)nc(N2CCN(C)CC2)n1. The Balaban J connectivity index is 1.57. The quantitative estimate of drug-likeness (QED) is 0.662. The molecule has 1 aromatic carbocycles. The van der Waals surface area contributed by atoms with Gasteiger partial charge in [-0.2, -0.15) is 15.0 Å². The van der Waals surface area contributed by atoms with Crippen LogP contribution in [0.15, 0.2) is 36.5 Å². The molecule has 0 unspecified atom stereocenters. The number of ether oxygens (including phenoxy) is 1. The van der Waals surface area contributed by atoms with Gasteiger partial charge in [-0.25, -0.2) is 9.97 Å². The molecule has 30 heavy (non-hydrogen) atoms. The van der Waals surface area contributed by atoms with Crippen molar-refractivity contribution < 1.29 is 4.74 Å². The van der Waals surface area contributed by atoms with Gasteiger partial charge in [-0.1, -0.05) is 6.92 Å².